The predicted molar refractivity (Wildman–Crippen MR) is 82.8 cm³/mol. The van der Waals surface area contributed by atoms with Crippen LogP contribution in [0.1, 0.15) is 5.56 Å². The number of nitrogens with one attached hydrogen (secondary N) is 1. The van der Waals surface area contributed by atoms with E-state index in [1.165, 1.54) is 30.3 Å². The van der Waals surface area contributed by atoms with Crippen molar-refractivity contribution in [3.05, 3.63) is 52.5 Å². The number of ether oxygens (including phenoxy) is 1. The first-order valence-electron chi connectivity index (χ1n) is 6.12. The molecule has 0 aliphatic carbocycles. The first kappa shape index (κ1) is 16.7. The molecular formula is C14H12BrF2NO3S. The summed E-state index contributed by atoms with van der Waals surface area (Å²) in [5.74, 6) is -0.264. The van der Waals surface area contributed by atoms with Gasteiger partial charge in [-0.15, -0.1) is 0 Å². The van der Waals surface area contributed by atoms with E-state index in [0.29, 0.717) is 4.47 Å². The molecule has 0 unspecified atom stereocenters. The van der Waals surface area contributed by atoms with Crippen LogP contribution >= 0.6 is 15.9 Å². The number of rotatable bonds is 5. The molecule has 2 rings (SSSR count). The molecule has 0 aliphatic rings. The van der Waals surface area contributed by atoms with Crippen molar-refractivity contribution in [2.45, 2.75) is 18.4 Å². The highest BCUT2D eigenvalue weighted by Crippen LogP contribution is 2.31. The first-order valence-corrected chi connectivity index (χ1v) is 8.39. The van der Waals surface area contributed by atoms with Crippen molar-refractivity contribution >= 4 is 31.6 Å². The SMILES string of the molecule is Cc1ccc(S(=O)(=O)Nc2ccc(Br)cc2OC(F)F)cc1. The van der Waals surface area contributed by atoms with E-state index in [1.54, 1.807) is 12.1 Å². The van der Waals surface area contributed by atoms with Crippen LogP contribution in [0.2, 0.25) is 0 Å². The standard InChI is InChI=1S/C14H12BrF2NO3S/c1-9-2-5-11(6-3-9)22(19,20)18-12-7-4-10(15)8-13(12)21-14(16)17/h2-8,14,18H,1H3. The molecule has 0 amide bonds. The highest BCUT2D eigenvalue weighted by Gasteiger charge is 2.18. The predicted octanol–water partition coefficient (Wildman–Crippen LogP) is 4.16. The summed E-state index contributed by atoms with van der Waals surface area (Å²) in [5.41, 5.74) is 0.841. The summed E-state index contributed by atoms with van der Waals surface area (Å²) in [6, 6.07) is 10.3. The second-order valence-electron chi connectivity index (χ2n) is 4.44. The van der Waals surface area contributed by atoms with Crippen molar-refractivity contribution in [3.63, 3.8) is 0 Å². The van der Waals surface area contributed by atoms with E-state index in [0.717, 1.165) is 5.56 Å². The van der Waals surface area contributed by atoms with Crippen molar-refractivity contribution < 1.29 is 21.9 Å². The van der Waals surface area contributed by atoms with Crippen LogP contribution < -0.4 is 9.46 Å². The number of hydrogen-bond donors (Lipinski definition) is 1. The van der Waals surface area contributed by atoms with Gasteiger partial charge in [-0.1, -0.05) is 33.6 Å². The zero-order valence-corrected chi connectivity index (χ0v) is 13.8. The Morgan fingerprint density at radius 2 is 1.77 bits per heavy atom. The molecule has 0 aliphatic heterocycles. The van der Waals surface area contributed by atoms with E-state index in [2.05, 4.69) is 25.4 Å². The molecule has 0 saturated carbocycles. The van der Waals surface area contributed by atoms with Gasteiger partial charge in [-0.25, -0.2) is 8.42 Å². The number of benzene rings is 2. The Hall–Kier alpha value is -1.67. The lowest BCUT2D eigenvalue weighted by atomic mass is 10.2. The Morgan fingerprint density at radius 1 is 1.14 bits per heavy atom. The second-order valence-corrected chi connectivity index (χ2v) is 7.04. The van der Waals surface area contributed by atoms with Gasteiger partial charge in [0.25, 0.3) is 10.0 Å². The van der Waals surface area contributed by atoms with Crippen molar-refractivity contribution in [2.24, 2.45) is 0 Å². The number of halogens is 3. The lowest BCUT2D eigenvalue weighted by Crippen LogP contribution is -2.14. The summed E-state index contributed by atoms with van der Waals surface area (Å²) in [5, 5.41) is 0. The van der Waals surface area contributed by atoms with Crippen molar-refractivity contribution in [3.8, 4) is 5.75 Å². The summed E-state index contributed by atoms with van der Waals surface area (Å²) in [6.45, 7) is -1.23. The summed E-state index contributed by atoms with van der Waals surface area (Å²) >= 11 is 3.12. The molecule has 2 aromatic rings. The zero-order valence-electron chi connectivity index (χ0n) is 11.4. The van der Waals surface area contributed by atoms with Crippen LogP contribution in [0.3, 0.4) is 0 Å². The average Bonchev–Trinajstić information content (AvgIpc) is 2.41. The number of anilines is 1. The minimum Gasteiger partial charge on any atom is -0.433 e. The molecule has 8 heteroatoms. The van der Waals surface area contributed by atoms with Crippen molar-refractivity contribution in [2.75, 3.05) is 4.72 Å². The third-order valence-electron chi connectivity index (χ3n) is 2.74. The Kier molecular flexibility index (Phi) is 5.02. The van der Waals surface area contributed by atoms with Crippen molar-refractivity contribution in [1.82, 2.24) is 0 Å². The summed E-state index contributed by atoms with van der Waals surface area (Å²) in [6.07, 6.45) is 0. The van der Waals surface area contributed by atoms with Gasteiger partial charge in [0, 0.05) is 4.47 Å². The number of alkyl halides is 2. The highest BCUT2D eigenvalue weighted by atomic mass is 79.9. The van der Waals surface area contributed by atoms with Crippen LogP contribution in [0, 0.1) is 6.92 Å². The Morgan fingerprint density at radius 3 is 2.36 bits per heavy atom. The third kappa shape index (κ3) is 4.17. The van der Waals surface area contributed by atoms with Gasteiger partial charge in [-0.2, -0.15) is 8.78 Å². The normalized spacial score (nSPS) is 11.5. The maximum Gasteiger partial charge on any atom is 0.387 e. The van der Waals surface area contributed by atoms with Gasteiger partial charge < -0.3 is 4.74 Å². The Bertz CT molecular complexity index is 764. The van der Waals surface area contributed by atoms with Gasteiger partial charge in [-0.05, 0) is 37.3 Å². The molecule has 0 spiro atoms. The van der Waals surface area contributed by atoms with Gasteiger partial charge in [-0.3, -0.25) is 4.72 Å². The summed E-state index contributed by atoms with van der Waals surface area (Å²) in [4.78, 5) is 0.0315. The molecule has 0 aromatic heterocycles. The molecule has 4 nitrogen and oxygen atoms in total. The fourth-order valence-electron chi connectivity index (χ4n) is 1.70. The van der Waals surface area contributed by atoms with E-state index in [1.807, 2.05) is 6.92 Å². The van der Waals surface area contributed by atoms with Crippen molar-refractivity contribution in [1.29, 1.82) is 0 Å². The lowest BCUT2D eigenvalue weighted by molar-refractivity contribution is -0.0493. The third-order valence-corrected chi connectivity index (χ3v) is 4.61. The smallest absolute Gasteiger partial charge is 0.387 e. The van der Waals surface area contributed by atoms with E-state index >= 15 is 0 Å². The van der Waals surface area contributed by atoms with Gasteiger partial charge in [0.1, 0.15) is 0 Å². The molecular weight excluding hydrogens is 380 g/mol. The number of aryl methyl sites for hydroxylation is 1. The molecule has 0 radical (unpaired) electrons. The van der Waals surface area contributed by atoms with Crippen LogP contribution in [0.25, 0.3) is 0 Å². The Balaban J connectivity index is 2.35. The van der Waals surface area contributed by atoms with Gasteiger partial charge in [0.2, 0.25) is 0 Å². The van der Waals surface area contributed by atoms with Crippen LogP contribution in [0.5, 0.6) is 5.75 Å². The topological polar surface area (TPSA) is 55.4 Å². The molecule has 0 saturated heterocycles. The minimum atomic E-state index is -3.89. The first-order chi connectivity index (χ1) is 10.3. The highest BCUT2D eigenvalue weighted by molar-refractivity contribution is 9.10. The summed E-state index contributed by atoms with van der Waals surface area (Å²) < 4.78 is 56.4. The zero-order chi connectivity index (χ0) is 16.3. The second kappa shape index (κ2) is 6.62. The van der Waals surface area contributed by atoms with Gasteiger partial charge >= 0.3 is 6.61 Å². The van der Waals surface area contributed by atoms with E-state index in [9.17, 15) is 17.2 Å². The largest absolute Gasteiger partial charge is 0.433 e. The summed E-state index contributed by atoms with van der Waals surface area (Å²) in [7, 11) is -3.89. The van der Waals surface area contributed by atoms with Gasteiger partial charge in [0.05, 0.1) is 10.6 Å². The number of sulfonamides is 1. The minimum absolute atomic E-state index is 0.0315. The molecule has 22 heavy (non-hydrogen) atoms. The number of hydrogen-bond acceptors (Lipinski definition) is 3. The fraction of sp³-hybridized carbons (Fsp3) is 0.143. The van der Waals surface area contributed by atoms with Crippen LogP contribution in [-0.2, 0) is 10.0 Å². The maximum absolute atomic E-state index is 12.4. The monoisotopic (exact) mass is 391 g/mol. The lowest BCUT2D eigenvalue weighted by Gasteiger charge is -2.13. The molecule has 0 heterocycles. The quantitative estimate of drug-likeness (QED) is 0.832. The maximum atomic E-state index is 12.4. The molecule has 0 fully saturated rings. The van der Waals surface area contributed by atoms with Gasteiger partial charge in [0.15, 0.2) is 5.75 Å². The molecule has 1 N–H and O–H groups in total. The fourth-order valence-corrected chi connectivity index (χ4v) is 3.11. The molecule has 2 aromatic carbocycles. The van der Waals surface area contributed by atoms with Crippen LogP contribution in [0.15, 0.2) is 51.8 Å². The molecule has 0 atom stereocenters. The molecule has 118 valence electrons. The molecule has 0 bridgehead atoms. The van der Waals surface area contributed by atoms with Crippen LogP contribution in [-0.4, -0.2) is 15.0 Å². The Labute approximate surface area is 135 Å². The van der Waals surface area contributed by atoms with E-state index in [4.69, 9.17) is 0 Å². The average molecular weight is 392 g/mol. The van der Waals surface area contributed by atoms with E-state index < -0.39 is 16.6 Å². The van der Waals surface area contributed by atoms with E-state index in [-0.39, 0.29) is 16.3 Å². The van der Waals surface area contributed by atoms with Crippen LogP contribution in [0.4, 0.5) is 14.5 Å².